The molecule has 0 saturated carbocycles. The smallest absolute Gasteiger partial charge is 0.257 e. The van der Waals surface area contributed by atoms with Crippen molar-refractivity contribution < 1.29 is 9.53 Å². The Hall–Kier alpha value is -3.18. The van der Waals surface area contributed by atoms with Crippen LogP contribution in [-0.4, -0.2) is 29.9 Å². The van der Waals surface area contributed by atoms with Gasteiger partial charge < -0.3 is 15.0 Å². The van der Waals surface area contributed by atoms with Crippen LogP contribution in [0.25, 0.3) is 0 Å². The summed E-state index contributed by atoms with van der Waals surface area (Å²) in [7, 11) is 4.02. The second-order valence-corrected chi connectivity index (χ2v) is 6.19. The minimum atomic E-state index is -0.203. The van der Waals surface area contributed by atoms with Gasteiger partial charge in [-0.2, -0.15) is 0 Å². The first-order valence-corrected chi connectivity index (χ1v) is 8.34. The molecule has 0 fully saturated rings. The van der Waals surface area contributed by atoms with E-state index in [0.717, 1.165) is 17.8 Å². The number of pyridine rings is 1. The molecule has 2 aromatic carbocycles. The van der Waals surface area contributed by atoms with Gasteiger partial charge in [-0.15, -0.1) is 0 Å². The highest BCUT2D eigenvalue weighted by atomic mass is 16.5. The van der Waals surface area contributed by atoms with Crippen molar-refractivity contribution in [3.05, 3.63) is 84.1 Å². The number of carbonyl (C=O) groups is 1. The van der Waals surface area contributed by atoms with Gasteiger partial charge in [0.25, 0.3) is 5.91 Å². The van der Waals surface area contributed by atoms with Gasteiger partial charge >= 0.3 is 0 Å². The lowest BCUT2D eigenvalue weighted by Gasteiger charge is -2.11. The molecule has 0 aliphatic carbocycles. The first kappa shape index (κ1) is 17.6. The summed E-state index contributed by atoms with van der Waals surface area (Å²) in [5.41, 5.74) is 2.37. The number of nitrogens with one attached hydrogen (secondary N) is 1. The Morgan fingerprint density at radius 1 is 1.04 bits per heavy atom. The van der Waals surface area contributed by atoms with E-state index < -0.39 is 0 Å². The molecule has 26 heavy (non-hydrogen) atoms. The van der Waals surface area contributed by atoms with Gasteiger partial charge in [0.15, 0.2) is 0 Å². The lowest BCUT2D eigenvalue weighted by Crippen LogP contribution is -2.13. The lowest BCUT2D eigenvalue weighted by atomic mass is 10.2. The molecule has 0 atom stereocenters. The van der Waals surface area contributed by atoms with E-state index in [1.165, 1.54) is 6.20 Å². The number of carbonyl (C=O) groups excluding carboxylic acids is 1. The molecule has 0 unspecified atom stereocenters. The fourth-order valence-electron chi connectivity index (χ4n) is 2.50. The molecule has 132 valence electrons. The van der Waals surface area contributed by atoms with Crippen molar-refractivity contribution >= 4 is 11.6 Å². The van der Waals surface area contributed by atoms with Crippen molar-refractivity contribution in [1.82, 2.24) is 9.88 Å². The maximum absolute atomic E-state index is 12.4. The van der Waals surface area contributed by atoms with E-state index in [4.69, 9.17) is 4.74 Å². The van der Waals surface area contributed by atoms with Gasteiger partial charge in [0.2, 0.25) is 5.88 Å². The van der Waals surface area contributed by atoms with Gasteiger partial charge in [0.1, 0.15) is 5.75 Å². The Kier molecular flexibility index (Phi) is 5.61. The molecule has 0 aliphatic rings. The fraction of sp³-hybridized carbons (Fsp3) is 0.143. The highest BCUT2D eigenvalue weighted by molar-refractivity contribution is 6.04. The number of hydrogen-bond acceptors (Lipinski definition) is 4. The van der Waals surface area contributed by atoms with E-state index in [1.54, 1.807) is 12.1 Å². The van der Waals surface area contributed by atoms with E-state index in [-0.39, 0.29) is 5.91 Å². The summed E-state index contributed by atoms with van der Waals surface area (Å²) in [6.45, 7) is 0.816. The number of benzene rings is 2. The van der Waals surface area contributed by atoms with Crippen LogP contribution >= 0.6 is 0 Å². The first-order valence-electron chi connectivity index (χ1n) is 8.34. The average Bonchev–Trinajstić information content (AvgIpc) is 2.63. The van der Waals surface area contributed by atoms with Gasteiger partial charge in [-0.25, -0.2) is 4.98 Å². The third-order valence-electron chi connectivity index (χ3n) is 3.65. The van der Waals surface area contributed by atoms with Crippen LogP contribution in [0.5, 0.6) is 11.6 Å². The van der Waals surface area contributed by atoms with Gasteiger partial charge in [-0.05, 0) is 50.0 Å². The van der Waals surface area contributed by atoms with Crippen LogP contribution in [0.3, 0.4) is 0 Å². The predicted molar refractivity (Wildman–Crippen MR) is 103 cm³/mol. The van der Waals surface area contributed by atoms with E-state index in [2.05, 4.69) is 15.2 Å². The number of para-hydroxylation sites is 1. The highest BCUT2D eigenvalue weighted by Crippen LogP contribution is 2.19. The largest absolute Gasteiger partial charge is 0.439 e. The zero-order valence-corrected chi connectivity index (χ0v) is 14.8. The first-order chi connectivity index (χ1) is 12.6. The van der Waals surface area contributed by atoms with Crippen LogP contribution in [0.1, 0.15) is 15.9 Å². The van der Waals surface area contributed by atoms with Crippen LogP contribution in [0, 0.1) is 0 Å². The van der Waals surface area contributed by atoms with Crippen LogP contribution in [0.4, 0.5) is 5.69 Å². The molecule has 5 nitrogen and oxygen atoms in total. The summed E-state index contributed by atoms with van der Waals surface area (Å²) in [5.74, 6) is 0.946. The molecule has 5 heteroatoms. The Labute approximate surface area is 153 Å². The van der Waals surface area contributed by atoms with E-state index >= 15 is 0 Å². The van der Waals surface area contributed by atoms with E-state index in [1.807, 2.05) is 68.7 Å². The molecule has 0 spiro atoms. The second kappa shape index (κ2) is 8.27. The third-order valence-corrected chi connectivity index (χ3v) is 3.65. The van der Waals surface area contributed by atoms with E-state index in [0.29, 0.717) is 17.2 Å². The summed E-state index contributed by atoms with van der Waals surface area (Å²) in [6.07, 6.45) is 1.51. The Morgan fingerprint density at radius 2 is 1.85 bits per heavy atom. The third kappa shape index (κ3) is 4.91. The summed E-state index contributed by atoms with van der Waals surface area (Å²) < 4.78 is 5.64. The SMILES string of the molecule is CN(C)Cc1cccc(NC(=O)c2ccc(Oc3ccccc3)nc2)c1. The van der Waals surface area contributed by atoms with Gasteiger partial charge in [0, 0.05) is 24.5 Å². The minimum absolute atomic E-state index is 0.203. The summed E-state index contributed by atoms with van der Waals surface area (Å²) in [4.78, 5) is 18.7. The number of anilines is 1. The Bertz CT molecular complexity index is 862. The van der Waals surface area contributed by atoms with Crippen molar-refractivity contribution in [3.8, 4) is 11.6 Å². The molecule has 1 amide bonds. The zero-order chi connectivity index (χ0) is 18.4. The normalized spacial score (nSPS) is 10.6. The maximum atomic E-state index is 12.4. The Balaban J connectivity index is 1.65. The summed E-state index contributed by atoms with van der Waals surface area (Å²) in [6, 6.07) is 20.6. The van der Waals surface area contributed by atoms with Gasteiger partial charge in [0.05, 0.1) is 5.56 Å². The maximum Gasteiger partial charge on any atom is 0.257 e. The minimum Gasteiger partial charge on any atom is -0.439 e. The zero-order valence-electron chi connectivity index (χ0n) is 14.8. The van der Waals surface area contributed by atoms with Gasteiger partial charge in [-0.1, -0.05) is 30.3 Å². The topological polar surface area (TPSA) is 54.5 Å². The molecule has 3 aromatic rings. The molecular formula is C21H21N3O2. The summed E-state index contributed by atoms with van der Waals surface area (Å²) in [5, 5.41) is 2.90. The molecular weight excluding hydrogens is 326 g/mol. The quantitative estimate of drug-likeness (QED) is 0.726. The highest BCUT2D eigenvalue weighted by Gasteiger charge is 2.08. The average molecular weight is 347 g/mol. The lowest BCUT2D eigenvalue weighted by molar-refractivity contribution is 0.102. The van der Waals surface area contributed by atoms with Crippen LogP contribution in [0.15, 0.2) is 72.9 Å². The molecule has 1 heterocycles. The molecule has 3 rings (SSSR count). The van der Waals surface area contributed by atoms with Crippen LogP contribution in [0.2, 0.25) is 0 Å². The predicted octanol–water partition coefficient (Wildman–Crippen LogP) is 4.19. The number of rotatable bonds is 6. The molecule has 1 N–H and O–H groups in total. The van der Waals surface area contributed by atoms with Crippen molar-refractivity contribution in [2.45, 2.75) is 6.54 Å². The standard InChI is InChI=1S/C21H21N3O2/c1-24(2)15-16-7-6-8-18(13-16)23-21(25)17-11-12-20(22-14-17)26-19-9-4-3-5-10-19/h3-14H,15H2,1-2H3,(H,23,25). The molecule has 1 aromatic heterocycles. The van der Waals surface area contributed by atoms with Crippen LogP contribution < -0.4 is 10.1 Å². The molecule has 0 bridgehead atoms. The second-order valence-electron chi connectivity index (χ2n) is 6.19. The molecule has 0 saturated heterocycles. The number of aromatic nitrogens is 1. The Morgan fingerprint density at radius 3 is 2.54 bits per heavy atom. The fourth-order valence-corrected chi connectivity index (χ4v) is 2.50. The monoisotopic (exact) mass is 347 g/mol. The number of ether oxygens (including phenoxy) is 1. The molecule has 0 aliphatic heterocycles. The number of nitrogens with zero attached hydrogens (tertiary/aromatic N) is 2. The van der Waals surface area contributed by atoms with E-state index in [9.17, 15) is 4.79 Å². The number of amides is 1. The van der Waals surface area contributed by atoms with Crippen molar-refractivity contribution in [1.29, 1.82) is 0 Å². The van der Waals surface area contributed by atoms with Crippen molar-refractivity contribution in [2.75, 3.05) is 19.4 Å². The molecule has 0 radical (unpaired) electrons. The van der Waals surface area contributed by atoms with Crippen molar-refractivity contribution in [3.63, 3.8) is 0 Å². The number of hydrogen-bond donors (Lipinski definition) is 1. The van der Waals surface area contributed by atoms with Crippen molar-refractivity contribution in [2.24, 2.45) is 0 Å². The summed E-state index contributed by atoms with van der Waals surface area (Å²) >= 11 is 0. The van der Waals surface area contributed by atoms with Gasteiger partial charge in [-0.3, -0.25) is 4.79 Å². The van der Waals surface area contributed by atoms with Crippen LogP contribution in [-0.2, 0) is 6.54 Å².